The third-order valence-corrected chi connectivity index (χ3v) is 2.63. The van der Waals surface area contributed by atoms with Gasteiger partial charge in [-0.15, -0.1) is 0 Å². The Hall–Kier alpha value is -1.71. The summed E-state index contributed by atoms with van der Waals surface area (Å²) in [5.74, 6) is -0.899. The number of carboxylic acids is 1. The fourth-order valence-electron chi connectivity index (χ4n) is 1.64. The van der Waals surface area contributed by atoms with Gasteiger partial charge in [0.1, 0.15) is 0 Å². The van der Waals surface area contributed by atoms with E-state index in [0.29, 0.717) is 5.56 Å². The van der Waals surface area contributed by atoms with Gasteiger partial charge < -0.3 is 15.7 Å². The van der Waals surface area contributed by atoms with E-state index in [1.165, 1.54) is 12.8 Å². The van der Waals surface area contributed by atoms with E-state index >= 15 is 0 Å². The van der Waals surface area contributed by atoms with Crippen LogP contribution in [0.25, 0.3) is 0 Å². The molecule has 3 N–H and O–H groups in total. The molecule has 1 aromatic rings. The largest absolute Gasteiger partial charge is 0.478 e. The third kappa shape index (κ3) is 3.98. The second-order valence-corrected chi connectivity index (χ2v) is 3.95. The van der Waals surface area contributed by atoms with Gasteiger partial charge in [0.15, 0.2) is 0 Å². The van der Waals surface area contributed by atoms with E-state index in [9.17, 15) is 4.79 Å². The van der Waals surface area contributed by atoms with Gasteiger partial charge >= 0.3 is 5.97 Å². The molecule has 94 valence electrons. The molecular weight excluding hydrogens is 216 g/mol. The van der Waals surface area contributed by atoms with Gasteiger partial charge in [0, 0.05) is 13.6 Å². The molecule has 0 aromatic heterocycles. The summed E-state index contributed by atoms with van der Waals surface area (Å²) in [6.07, 6.45) is 3.45. The van der Waals surface area contributed by atoms with Crippen molar-refractivity contribution in [3.05, 3.63) is 23.8 Å². The van der Waals surface area contributed by atoms with Crippen molar-refractivity contribution in [2.45, 2.75) is 26.2 Å². The van der Waals surface area contributed by atoms with Gasteiger partial charge in [0.25, 0.3) is 0 Å². The molecule has 0 radical (unpaired) electrons. The molecule has 0 bridgehead atoms. The first kappa shape index (κ1) is 13.4. The first-order valence-corrected chi connectivity index (χ1v) is 5.98. The summed E-state index contributed by atoms with van der Waals surface area (Å²) in [6, 6.07) is 5.05. The standard InChI is InChI=1S/C13H20N2O2/c1-3-4-5-8-15-12-9-10(13(16)17)6-7-11(12)14-2/h6-7,9,14-15H,3-5,8H2,1-2H3,(H,16,17). The minimum absolute atomic E-state index is 0.307. The third-order valence-electron chi connectivity index (χ3n) is 2.63. The average Bonchev–Trinajstić information content (AvgIpc) is 2.34. The monoisotopic (exact) mass is 236 g/mol. The Morgan fingerprint density at radius 3 is 2.65 bits per heavy atom. The highest BCUT2D eigenvalue weighted by Gasteiger charge is 2.07. The maximum absolute atomic E-state index is 10.9. The summed E-state index contributed by atoms with van der Waals surface area (Å²) in [6.45, 7) is 3.02. The van der Waals surface area contributed by atoms with Gasteiger partial charge in [-0.05, 0) is 24.6 Å². The molecule has 0 spiro atoms. The number of aromatic carboxylic acids is 1. The number of rotatable bonds is 7. The molecule has 1 rings (SSSR count). The maximum atomic E-state index is 10.9. The SMILES string of the molecule is CCCCCNc1cc(C(=O)O)ccc1NC. The summed E-state index contributed by atoms with van der Waals surface area (Å²) < 4.78 is 0. The van der Waals surface area contributed by atoms with Gasteiger partial charge in [-0.25, -0.2) is 4.79 Å². The van der Waals surface area contributed by atoms with Crippen molar-refractivity contribution in [1.82, 2.24) is 0 Å². The van der Waals surface area contributed by atoms with Crippen molar-refractivity contribution in [2.24, 2.45) is 0 Å². The Balaban J connectivity index is 2.72. The predicted octanol–water partition coefficient (Wildman–Crippen LogP) is 3.03. The molecule has 0 aliphatic carbocycles. The molecule has 4 heteroatoms. The van der Waals surface area contributed by atoms with Crippen LogP contribution in [0.15, 0.2) is 18.2 Å². The highest BCUT2D eigenvalue weighted by molar-refractivity contribution is 5.90. The second kappa shape index (κ2) is 6.78. The fraction of sp³-hybridized carbons (Fsp3) is 0.462. The van der Waals surface area contributed by atoms with Crippen LogP contribution in [-0.2, 0) is 0 Å². The number of carbonyl (C=O) groups is 1. The van der Waals surface area contributed by atoms with Gasteiger partial charge in [-0.2, -0.15) is 0 Å². The summed E-state index contributed by atoms with van der Waals surface area (Å²) in [4.78, 5) is 10.9. The second-order valence-electron chi connectivity index (χ2n) is 3.95. The van der Waals surface area contributed by atoms with Crippen molar-refractivity contribution in [2.75, 3.05) is 24.2 Å². The zero-order chi connectivity index (χ0) is 12.7. The van der Waals surface area contributed by atoms with E-state index in [1.54, 1.807) is 18.2 Å². The lowest BCUT2D eigenvalue weighted by Crippen LogP contribution is -2.06. The van der Waals surface area contributed by atoms with E-state index in [-0.39, 0.29) is 0 Å². The van der Waals surface area contributed by atoms with Crippen molar-refractivity contribution < 1.29 is 9.90 Å². The predicted molar refractivity (Wildman–Crippen MR) is 71.0 cm³/mol. The number of hydrogen-bond donors (Lipinski definition) is 3. The highest BCUT2D eigenvalue weighted by atomic mass is 16.4. The Labute approximate surface area is 102 Å². The molecular formula is C13H20N2O2. The summed E-state index contributed by atoms with van der Waals surface area (Å²) >= 11 is 0. The van der Waals surface area contributed by atoms with Gasteiger partial charge in [0.05, 0.1) is 16.9 Å². The number of unbranched alkanes of at least 4 members (excludes halogenated alkanes) is 2. The molecule has 0 unspecified atom stereocenters. The molecule has 1 aromatic carbocycles. The van der Waals surface area contributed by atoms with Crippen LogP contribution < -0.4 is 10.6 Å². The zero-order valence-electron chi connectivity index (χ0n) is 10.4. The number of hydrogen-bond acceptors (Lipinski definition) is 3. The van der Waals surface area contributed by atoms with Crippen molar-refractivity contribution in [1.29, 1.82) is 0 Å². The average molecular weight is 236 g/mol. The lowest BCUT2D eigenvalue weighted by atomic mass is 10.1. The van der Waals surface area contributed by atoms with E-state index in [2.05, 4.69) is 17.6 Å². The van der Waals surface area contributed by atoms with Crippen LogP contribution in [0.2, 0.25) is 0 Å². The first-order chi connectivity index (χ1) is 8.19. The normalized spacial score (nSPS) is 10.0. The van der Waals surface area contributed by atoms with Crippen LogP contribution in [0.5, 0.6) is 0 Å². The van der Waals surface area contributed by atoms with Crippen LogP contribution >= 0.6 is 0 Å². The molecule has 0 aliphatic heterocycles. The first-order valence-electron chi connectivity index (χ1n) is 5.98. The highest BCUT2D eigenvalue weighted by Crippen LogP contribution is 2.22. The smallest absolute Gasteiger partial charge is 0.335 e. The molecule has 0 amide bonds. The van der Waals surface area contributed by atoms with Crippen molar-refractivity contribution in [3.63, 3.8) is 0 Å². The topological polar surface area (TPSA) is 61.4 Å². The minimum atomic E-state index is -0.899. The summed E-state index contributed by atoms with van der Waals surface area (Å²) in [7, 11) is 1.83. The molecule has 4 nitrogen and oxygen atoms in total. The van der Waals surface area contributed by atoms with Gasteiger partial charge in [0.2, 0.25) is 0 Å². The lowest BCUT2D eigenvalue weighted by Gasteiger charge is -2.12. The Bertz CT molecular complexity index is 378. The Morgan fingerprint density at radius 1 is 1.29 bits per heavy atom. The Morgan fingerprint density at radius 2 is 2.06 bits per heavy atom. The van der Waals surface area contributed by atoms with Gasteiger partial charge in [-0.1, -0.05) is 19.8 Å². The Kier molecular flexibility index (Phi) is 5.33. The number of carboxylic acid groups (broad SMARTS) is 1. The molecule has 0 heterocycles. The van der Waals surface area contributed by atoms with Crippen LogP contribution in [0, 0.1) is 0 Å². The molecule has 0 saturated carbocycles. The molecule has 17 heavy (non-hydrogen) atoms. The number of nitrogens with one attached hydrogen (secondary N) is 2. The fourth-order valence-corrected chi connectivity index (χ4v) is 1.64. The van der Waals surface area contributed by atoms with Crippen LogP contribution in [-0.4, -0.2) is 24.7 Å². The molecule has 0 atom stereocenters. The maximum Gasteiger partial charge on any atom is 0.335 e. The number of anilines is 2. The van der Waals surface area contributed by atoms with Crippen LogP contribution in [0.3, 0.4) is 0 Å². The van der Waals surface area contributed by atoms with Crippen LogP contribution in [0.4, 0.5) is 11.4 Å². The quantitative estimate of drug-likeness (QED) is 0.637. The van der Waals surface area contributed by atoms with Crippen molar-refractivity contribution >= 4 is 17.3 Å². The lowest BCUT2D eigenvalue weighted by molar-refractivity contribution is 0.0697. The molecule has 0 fully saturated rings. The molecule has 0 aliphatic rings. The van der Waals surface area contributed by atoms with E-state index in [4.69, 9.17) is 5.11 Å². The van der Waals surface area contributed by atoms with E-state index in [0.717, 1.165) is 24.3 Å². The van der Waals surface area contributed by atoms with Crippen LogP contribution in [0.1, 0.15) is 36.5 Å². The van der Waals surface area contributed by atoms with E-state index in [1.807, 2.05) is 7.05 Å². The van der Waals surface area contributed by atoms with Crippen molar-refractivity contribution in [3.8, 4) is 0 Å². The van der Waals surface area contributed by atoms with Gasteiger partial charge in [-0.3, -0.25) is 0 Å². The van der Waals surface area contributed by atoms with E-state index < -0.39 is 5.97 Å². The summed E-state index contributed by atoms with van der Waals surface area (Å²) in [5, 5.41) is 15.2. The molecule has 0 saturated heterocycles. The number of benzene rings is 1. The zero-order valence-corrected chi connectivity index (χ0v) is 10.4. The summed E-state index contributed by atoms with van der Waals surface area (Å²) in [5.41, 5.74) is 2.08. The minimum Gasteiger partial charge on any atom is -0.478 e.